The normalized spacial score (nSPS) is 22.4. The van der Waals surface area contributed by atoms with Gasteiger partial charge in [0.15, 0.2) is 0 Å². The van der Waals surface area contributed by atoms with E-state index in [1.165, 1.54) is 0 Å². The number of ketones is 1. The zero-order valence-electron chi connectivity index (χ0n) is 12.4. The van der Waals surface area contributed by atoms with Crippen LogP contribution in [-0.2, 0) is 9.59 Å². The first-order valence-electron chi connectivity index (χ1n) is 7.09. The maximum Gasteiger partial charge on any atom is 0.490 e. The molecule has 0 aliphatic heterocycles. The number of halogens is 3. The molecule has 1 rings (SSSR count). The van der Waals surface area contributed by atoms with Gasteiger partial charge in [0.1, 0.15) is 5.78 Å². The molecule has 124 valence electrons. The van der Waals surface area contributed by atoms with Crippen LogP contribution in [0, 0.1) is 11.8 Å². The van der Waals surface area contributed by atoms with Crippen molar-refractivity contribution in [1.82, 2.24) is 0 Å². The molecule has 0 unspecified atom stereocenters. The molecule has 1 saturated carbocycles. The maximum atomic E-state index is 11.6. The van der Waals surface area contributed by atoms with Crippen LogP contribution in [0.5, 0.6) is 0 Å². The van der Waals surface area contributed by atoms with Crippen molar-refractivity contribution in [3.05, 3.63) is 0 Å². The van der Waals surface area contributed by atoms with Crippen LogP contribution in [0.2, 0.25) is 0 Å². The summed E-state index contributed by atoms with van der Waals surface area (Å²) < 4.78 is 31.7. The summed E-state index contributed by atoms with van der Waals surface area (Å²) in [6.07, 6.45) is 1.00. The fourth-order valence-corrected chi connectivity index (χ4v) is 2.25. The number of alkyl halides is 3. The SMILES string of the molecule is CC(C)CC(=O)CC1CCC(N)CC1.O=C(O)C(F)(F)F. The largest absolute Gasteiger partial charge is 0.490 e. The Hall–Kier alpha value is -1.11. The zero-order valence-corrected chi connectivity index (χ0v) is 12.4. The first kappa shape index (κ1) is 19.9. The fraction of sp³-hybridized carbons (Fsp3) is 0.857. The molecule has 0 aromatic rings. The summed E-state index contributed by atoms with van der Waals surface area (Å²) in [5.41, 5.74) is 5.82. The highest BCUT2D eigenvalue weighted by molar-refractivity contribution is 5.78. The van der Waals surface area contributed by atoms with E-state index in [1.54, 1.807) is 0 Å². The smallest absolute Gasteiger partial charge is 0.475 e. The third-order valence-electron chi connectivity index (χ3n) is 3.29. The van der Waals surface area contributed by atoms with Crippen molar-refractivity contribution in [1.29, 1.82) is 0 Å². The Bertz CT molecular complexity index is 335. The molecule has 1 fully saturated rings. The third-order valence-corrected chi connectivity index (χ3v) is 3.29. The van der Waals surface area contributed by atoms with E-state index in [-0.39, 0.29) is 0 Å². The van der Waals surface area contributed by atoms with Gasteiger partial charge < -0.3 is 10.8 Å². The highest BCUT2D eigenvalue weighted by Gasteiger charge is 2.38. The molecule has 0 radical (unpaired) electrons. The summed E-state index contributed by atoms with van der Waals surface area (Å²) in [5, 5.41) is 7.12. The summed E-state index contributed by atoms with van der Waals surface area (Å²) in [5.74, 6) is -1.18. The lowest BCUT2D eigenvalue weighted by Crippen LogP contribution is -2.27. The van der Waals surface area contributed by atoms with Gasteiger partial charge in [-0.15, -0.1) is 0 Å². The van der Waals surface area contributed by atoms with Gasteiger partial charge in [-0.25, -0.2) is 4.79 Å². The lowest BCUT2D eigenvalue weighted by atomic mass is 9.82. The summed E-state index contributed by atoms with van der Waals surface area (Å²) in [7, 11) is 0. The number of carbonyl (C=O) groups excluding carboxylic acids is 1. The van der Waals surface area contributed by atoms with Crippen molar-refractivity contribution >= 4 is 11.8 Å². The second kappa shape index (κ2) is 9.02. The zero-order chi connectivity index (χ0) is 16.6. The lowest BCUT2D eigenvalue weighted by molar-refractivity contribution is -0.192. The number of aliphatic carboxylic acids is 1. The molecule has 0 amide bonds. The minimum Gasteiger partial charge on any atom is -0.475 e. The Morgan fingerprint density at radius 2 is 1.62 bits per heavy atom. The molecule has 0 bridgehead atoms. The first-order valence-corrected chi connectivity index (χ1v) is 7.09. The van der Waals surface area contributed by atoms with Crippen LogP contribution in [0.4, 0.5) is 13.2 Å². The number of hydrogen-bond donors (Lipinski definition) is 2. The van der Waals surface area contributed by atoms with Crippen LogP contribution in [0.25, 0.3) is 0 Å². The van der Waals surface area contributed by atoms with Crippen molar-refractivity contribution in [3.63, 3.8) is 0 Å². The minimum atomic E-state index is -5.08. The second-order valence-electron chi connectivity index (χ2n) is 5.92. The van der Waals surface area contributed by atoms with Gasteiger partial charge in [0.25, 0.3) is 0 Å². The molecule has 0 heterocycles. The van der Waals surface area contributed by atoms with Gasteiger partial charge in [0.2, 0.25) is 0 Å². The van der Waals surface area contributed by atoms with E-state index in [0.717, 1.165) is 38.5 Å². The van der Waals surface area contributed by atoms with E-state index in [0.29, 0.717) is 23.7 Å². The molecule has 0 aromatic carbocycles. The Morgan fingerprint density at radius 3 is 1.95 bits per heavy atom. The number of carboxylic acid groups (broad SMARTS) is 1. The van der Waals surface area contributed by atoms with E-state index in [9.17, 15) is 18.0 Å². The highest BCUT2D eigenvalue weighted by atomic mass is 19.4. The topological polar surface area (TPSA) is 80.4 Å². The first-order chi connectivity index (χ1) is 9.52. The summed E-state index contributed by atoms with van der Waals surface area (Å²) in [6.45, 7) is 4.21. The van der Waals surface area contributed by atoms with E-state index in [4.69, 9.17) is 15.6 Å². The predicted octanol–water partition coefficient (Wildman–Crippen LogP) is 3.14. The molecule has 1 aliphatic carbocycles. The van der Waals surface area contributed by atoms with Gasteiger partial charge in [-0.1, -0.05) is 13.8 Å². The predicted molar refractivity (Wildman–Crippen MR) is 72.7 cm³/mol. The molecule has 21 heavy (non-hydrogen) atoms. The second-order valence-corrected chi connectivity index (χ2v) is 5.92. The van der Waals surface area contributed by atoms with Crippen LogP contribution < -0.4 is 5.73 Å². The molecule has 0 aromatic heterocycles. The standard InChI is InChI=1S/C12H23NO.C2HF3O2/c1-9(2)7-12(14)8-10-3-5-11(13)6-4-10;3-2(4,5)1(6)7/h9-11H,3-8,13H2,1-2H3;(H,6,7). The van der Waals surface area contributed by atoms with E-state index >= 15 is 0 Å². The summed E-state index contributed by atoms with van der Waals surface area (Å²) in [6, 6.07) is 0.395. The van der Waals surface area contributed by atoms with Crippen molar-refractivity contribution in [3.8, 4) is 0 Å². The lowest BCUT2D eigenvalue weighted by Gasteiger charge is -2.25. The minimum absolute atomic E-state index is 0.395. The number of nitrogens with two attached hydrogens (primary N) is 1. The van der Waals surface area contributed by atoms with Crippen molar-refractivity contribution in [2.24, 2.45) is 17.6 Å². The number of rotatable bonds is 4. The van der Waals surface area contributed by atoms with E-state index < -0.39 is 12.1 Å². The summed E-state index contributed by atoms with van der Waals surface area (Å²) in [4.78, 5) is 20.5. The van der Waals surface area contributed by atoms with E-state index in [2.05, 4.69) is 13.8 Å². The van der Waals surface area contributed by atoms with Crippen molar-refractivity contribution in [2.45, 2.75) is 64.6 Å². The molecule has 7 heteroatoms. The van der Waals surface area contributed by atoms with Crippen LogP contribution in [0.1, 0.15) is 52.4 Å². The quantitative estimate of drug-likeness (QED) is 0.836. The van der Waals surface area contributed by atoms with Crippen LogP contribution in [-0.4, -0.2) is 29.1 Å². The van der Waals surface area contributed by atoms with Crippen LogP contribution >= 0.6 is 0 Å². The van der Waals surface area contributed by atoms with Gasteiger partial charge in [-0.05, 0) is 37.5 Å². The van der Waals surface area contributed by atoms with Gasteiger partial charge in [0.05, 0.1) is 0 Å². The highest BCUT2D eigenvalue weighted by Crippen LogP contribution is 2.26. The molecular formula is C14H24F3NO3. The number of Topliss-reactive ketones (excluding diaryl/α,β-unsaturated/α-hetero) is 1. The van der Waals surface area contributed by atoms with E-state index in [1.807, 2.05) is 0 Å². The summed E-state index contributed by atoms with van der Waals surface area (Å²) >= 11 is 0. The average molecular weight is 311 g/mol. The number of carboxylic acids is 1. The molecular weight excluding hydrogens is 287 g/mol. The van der Waals surface area contributed by atoms with Gasteiger partial charge in [-0.2, -0.15) is 13.2 Å². The Kier molecular flexibility index (Phi) is 8.54. The Balaban J connectivity index is 0.000000486. The molecule has 3 N–H and O–H groups in total. The van der Waals surface area contributed by atoms with Crippen LogP contribution in [0.3, 0.4) is 0 Å². The third kappa shape index (κ3) is 10.3. The molecule has 4 nitrogen and oxygen atoms in total. The van der Waals surface area contributed by atoms with Crippen LogP contribution in [0.15, 0.2) is 0 Å². The number of carbonyl (C=O) groups is 2. The fourth-order valence-electron chi connectivity index (χ4n) is 2.25. The Morgan fingerprint density at radius 1 is 1.19 bits per heavy atom. The van der Waals surface area contributed by atoms with Gasteiger partial charge in [-0.3, -0.25) is 4.79 Å². The molecule has 1 aliphatic rings. The van der Waals surface area contributed by atoms with Crippen molar-refractivity contribution in [2.75, 3.05) is 0 Å². The number of hydrogen-bond acceptors (Lipinski definition) is 3. The average Bonchev–Trinajstić information content (AvgIpc) is 2.30. The van der Waals surface area contributed by atoms with Gasteiger partial charge in [0, 0.05) is 18.9 Å². The Labute approximate surface area is 122 Å². The monoisotopic (exact) mass is 311 g/mol. The van der Waals surface area contributed by atoms with Crippen molar-refractivity contribution < 1.29 is 27.9 Å². The molecule has 0 saturated heterocycles. The maximum absolute atomic E-state index is 11.6. The van der Waals surface area contributed by atoms with Gasteiger partial charge >= 0.3 is 12.1 Å². The molecule has 0 atom stereocenters. The molecule has 0 spiro atoms.